The summed E-state index contributed by atoms with van der Waals surface area (Å²) in [7, 11) is 2.38. The highest BCUT2D eigenvalue weighted by Crippen LogP contribution is 2.21. The first-order valence-corrected chi connectivity index (χ1v) is 4.60. The van der Waals surface area contributed by atoms with Gasteiger partial charge in [0.15, 0.2) is 6.29 Å². The SMILES string of the molecule is O=Cc1cn(P)c2ncc(C(=O)O)cc12. The van der Waals surface area contributed by atoms with Gasteiger partial charge in [-0.1, -0.05) is 0 Å². The molecule has 6 heteroatoms. The Morgan fingerprint density at radius 3 is 2.93 bits per heavy atom. The number of hydrogen-bond donors (Lipinski definition) is 1. The van der Waals surface area contributed by atoms with Crippen molar-refractivity contribution in [1.29, 1.82) is 0 Å². The van der Waals surface area contributed by atoms with Crippen LogP contribution < -0.4 is 0 Å². The molecule has 2 aromatic heterocycles. The third-order valence-corrected chi connectivity index (χ3v) is 2.47. The van der Waals surface area contributed by atoms with Gasteiger partial charge in [0.1, 0.15) is 5.65 Å². The van der Waals surface area contributed by atoms with E-state index in [0.29, 0.717) is 22.9 Å². The maximum Gasteiger partial charge on any atom is 0.337 e. The molecule has 1 unspecified atom stereocenters. The van der Waals surface area contributed by atoms with Crippen molar-refractivity contribution in [3.8, 4) is 0 Å². The fourth-order valence-corrected chi connectivity index (χ4v) is 1.73. The van der Waals surface area contributed by atoms with E-state index in [0.717, 1.165) is 0 Å². The molecule has 0 saturated carbocycles. The normalized spacial score (nSPS) is 10.5. The maximum absolute atomic E-state index is 10.7. The highest BCUT2D eigenvalue weighted by Gasteiger charge is 2.10. The molecule has 0 radical (unpaired) electrons. The number of pyridine rings is 1. The molecule has 76 valence electrons. The topological polar surface area (TPSA) is 72.2 Å². The Morgan fingerprint density at radius 1 is 1.60 bits per heavy atom. The lowest BCUT2D eigenvalue weighted by Gasteiger charge is -1.96. The van der Waals surface area contributed by atoms with E-state index in [1.54, 1.807) is 10.5 Å². The van der Waals surface area contributed by atoms with Gasteiger partial charge in [0.25, 0.3) is 0 Å². The summed E-state index contributed by atoms with van der Waals surface area (Å²) in [5.74, 6) is -1.06. The number of aromatic carboxylic acids is 1. The van der Waals surface area contributed by atoms with E-state index in [2.05, 4.69) is 14.4 Å². The molecule has 0 fully saturated rings. The molecule has 0 spiro atoms. The highest BCUT2D eigenvalue weighted by molar-refractivity contribution is 7.14. The third kappa shape index (κ3) is 1.51. The minimum Gasteiger partial charge on any atom is -0.478 e. The molecule has 15 heavy (non-hydrogen) atoms. The van der Waals surface area contributed by atoms with Crippen molar-refractivity contribution in [2.45, 2.75) is 0 Å². The fraction of sp³-hybridized carbons (Fsp3) is 0. The second-order valence-electron chi connectivity index (χ2n) is 3.01. The Balaban J connectivity index is 2.79. The van der Waals surface area contributed by atoms with Crippen LogP contribution in [0.15, 0.2) is 18.5 Å². The summed E-state index contributed by atoms with van der Waals surface area (Å²) in [6.45, 7) is 0. The number of carboxylic acid groups (broad SMARTS) is 1. The van der Waals surface area contributed by atoms with Gasteiger partial charge in [0.2, 0.25) is 0 Å². The van der Waals surface area contributed by atoms with Gasteiger partial charge in [-0.2, -0.15) is 0 Å². The van der Waals surface area contributed by atoms with E-state index in [4.69, 9.17) is 5.11 Å². The van der Waals surface area contributed by atoms with Gasteiger partial charge in [-0.15, -0.1) is 0 Å². The molecule has 0 saturated heterocycles. The van der Waals surface area contributed by atoms with Crippen molar-refractivity contribution in [2.75, 3.05) is 0 Å². The predicted octanol–water partition coefficient (Wildman–Crippen LogP) is 1.19. The Morgan fingerprint density at radius 2 is 2.33 bits per heavy atom. The second-order valence-corrected chi connectivity index (χ2v) is 3.57. The molecule has 0 bridgehead atoms. The Kier molecular flexibility index (Phi) is 2.25. The largest absolute Gasteiger partial charge is 0.478 e. The Hall–Kier alpha value is -1.74. The molecule has 1 N–H and O–H groups in total. The highest BCUT2D eigenvalue weighted by atomic mass is 31.0. The molecule has 0 aliphatic carbocycles. The fourth-order valence-electron chi connectivity index (χ4n) is 1.37. The molecular weight excluding hydrogens is 215 g/mol. The zero-order valence-corrected chi connectivity index (χ0v) is 8.70. The lowest BCUT2D eigenvalue weighted by Crippen LogP contribution is -1.97. The van der Waals surface area contributed by atoms with Gasteiger partial charge in [-0.25, -0.2) is 9.78 Å². The molecule has 5 nitrogen and oxygen atoms in total. The minimum atomic E-state index is -1.06. The second kappa shape index (κ2) is 3.44. The number of nitrogens with zero attached hydrogens (tertiary/aromatic N) is 2. The van der Waals surface area contributed by atoms with Gasteiger partial charge in [-0.05, 0) is 15.5 Å². The summed E-state index contributed by atoms with van der Waals surface area (Å²) >= 11 is 0. The summed E-state index contributed by atoms with van der Waals surface area (Å²) in [5, 5.41) is 9.32. The van der Waals surface area contributed by atoms with Crippen LogP contribution in [0.4, 0.5) is 0 Å². The van der Waals surface area contributed by atoms with Crippen LogP contribution in [0.5, 0.6) is 0 Å². The van der Waals surface area contributed by atoms with Crippen LogP contribution in [0.1, 0.15) is 20.7 Å². The lowest BCUT2D eigenvalue weighted by atomic mass is 10.2. The Bertz CT molecular complexity index is 562. The quantitative estimate of drug-likeness (QED) is 0.611. The standard InChI is InChI=1S/C9H7N2O3P/c12-4-6-3-11(15)8-7(6)1-5(2-10-8)9(13)14/h1-4H,15H2,(H,13,14). The summed E-state index contributed by atoms with van der Waals surface area (Å²) in [4.78, 5) is 25.4. The molecule has 0 aliphatic rings. The Labute approximate surface area is 87.0 Å². The number of carbonyl (C=O) groups excluding carboxylic acids is 1. The smallest absolute Gasteiger partial charge is 0.337 e. The van der Waals surface area contributed by atoms with Crippen molar-refractivity contribution in [1.82, 2.24) is 9.32 Å². The van der Waals surface area contributed by atoms with Crippen LogP contribution in [0.25, 0.3) is 11.0 Å². The van der Waals surface area contributed by atoms with E-state index < -0.39 is 5.97 Å². The number of carbonyl (C=O) groups is 2. The molecule has 2 rings (SSSR count). The van der Waals surface area contributed by atoms with Gasteiger partial charge in [0, 0.05) is 23.3 Å². The molecular formula is C9H7N2O3P. The van der Waals surface area contributed by atoms with Crippen molar-refractivity contribution in [2.24, 2.45) is 0 Å². The van der Waals surface area contributed by atoms with E-state index in [1.165, 1.54) is 12.3 Å². The first-order valence-electron chi connectivity index (χ1n) is 4.08. The van der Waals surface area contributed by atoms with Crippen LogP contribution in [0.2, 0.25) is 0 Å². The van der Waals surface area contributed by atoms with Crippen LogP contribution in [0.3, 0.4) is 0 Å². The van der Waals surface area contributed by atoms with Crippen LogP contribution in [-0.4, -0.2) is 26.7 Å². The van der Waals surface area contributed by atoms with Gasteiger partial charge in [-0.3, -0.25) is 4.79 Å². The van der Waals surface area contributed by atoms with Gasteiger partial charge >= 0.3 is 5.97 Å². The maximum atomic E-state index is 10.7. The number of aromatic nitrogens is 2. The number of hydrogen-bond acceptors (Lipinski definition) is 3. The molecule has 0 aromatic carbocycles. The third-order valence-electron chi connectivity index (χ3n) is 2.07. The minimum absolute atomic E-state index is 0.0711. The molecule has 1 atom stereocenters. The van der Waals surface area contributed by atoms with Crippen LogP contribution in [-0.2, 0) is 0 Å². The van der Waals surface area contributed by atoms with Crippen LogP contribution >= 0.6 is 9.39 Å². The zero-order valence-electron chi connectivity index (χ0n) is 7.54. The molecule has 2 heterocycles. The summed E-state index contributed by atoms with van der Waals surface area (Å²) < 4.78 is 1.60. The van der Waals surface area contributed by atoms with E-state index in [1.807, 2.05) is 0 Å². The van der Waals surface area contributed by atoms with E-state index >= 15 is 0 Å². The molecule has 0 aliphatic heterocycles. The average molecular weight is 222 g/mol. The first kappa shape index (κ1) is 9.80. The van der Waals surface area contributed by atoms with Crippen molar-refractivity contribution in [3.63, 3.8) is 0 Å². The van der Waals surface area contributed by atoms with E-state index in [-0.39, 0.29) is 5.56 Å². The summed E-state index contributed by atoms with van der Waals surface area (Å²) in [6.07, 6.45) is 3.52. The number of aldehydes is 1. The molecule has 2 aromatic rings. The zero-order chi connectivity index (χ0) is 11.0. The first-order chi connectivity index (χ1) is 7.13. The summed E-state index contributed by atoms with van der Waals surface area (Å²) in [5.41, 5.74) is 1.06. The number of rotatable bonds is 2. The number of fused-ring (bicyclic) bond motifs is 1. The van der Waals surface area contributed by atoms with Crippen LogP contribution in [0, 0.1) is 0 Å². The average Bonchev–Trinajstić information content (AvgIpc) is 2.55. The lowest BCUT2D eigenvalue weighted by molar-refractivity contribution is 0.0696. The predicted molar refractivity (Wildman–Crippen MR) is 57.2 cm³/mol. The molecule has 0 amide bonds. The summed E-state index contributed by atoms with van der Waals surface area (Å²) in [6, 6.07) is 1.44. The van der Waals surface area contributed by atoms with Crippen molar-refractivity contribution < 1.29 is 14.7 Å². The van der Waals surface area contributed by atoms with Crippen molar-refractivity contribution in [3.05, 3.63) is 29.6 Å². The van der Waals surface area contributed by atoms with Gasteiger partial charge in [0.05, 0.1) is 5.56 Å². The van der Waals surface area contributed by atoms with Gasteiger partial charge < -0.3 is 9.44 Å². The number of carboxylic acids is 1. The van der Waals surface area contributed by atoms with E-state index in [9.17, 15) is 9.59 Å². The van der Waals surface area contributed by atoms with Crippen molar-refractivity contribution >= 4 is 32.7 Å². The monoisotopic (exact) mass is 222 g/mol.